The van der Waals surface area contributed by atoms with Crippen molar-refractivity contribution in [1.82, 2.24) is 10.3 Å². The van der Waals surface area contributed by atoms with Gasteiger partial charge in [0.05, 0.1) is 24.0 Å². The van der Waals surface area contributed by atoms with Gasteiger partial charge in [0.25, 0.3) is 0 Å². The van der Waals surface area contributed by atoms with E-state index in [-0.39, 0.29) is 24.0 Å². The topological polar surface area (TPSA) is 97.5 Å². The zero-order chi connectivity index (χ0) is 14.7. The molecule has 0 bridgehead atoms. The van der Waals surface area contributed by atoms with E-state index in [1.807, 2.05) is 6.07 Å². The lowest BCUT2D eigenvalue weighted by molar-refractivity contribution is -0.000236. The van der Waals surface area contributed by atoms with Crippen LogP contribution < -0.4 is 11.1 Å². The number of aromatic nitrogens is 1. The molecule has 0 saturated heterocycles. The highest BCUT2D eigenvalue weighted by molar-refractivity contribution is 5.65. The second-order valence-electron chi connectivity index (χ2n) is 5.41. The third kappa shape index (κ3) is 3.01. The number of nitrogen functional groups attached to an aromatic ring is 1. The van der Waals surface area contributed by atoms with Crippen LogP contribution in [0.4, 0.5) is 10.5 Å². The number of nitrogens with zero attached hydrogens (tertiary/aromatic N) is 1. The molecular formula is C14H21N3O3. The number of ether oxygens (including phenoxy) is 1. The first-order chi connectivity index (χ1) is 9.52. The van der Waals surface area contributed by atoms with Crippen LogP contribution >= 0.6 is 0 Å². The highest BCUT2D eigenvalue weighted by atomic mass is 16.5. The predicted molar refractivity (Wildman–Crippen MR) is 75.5 cm³/mol. The van der Waals surface area contributed by atoms with Crippen molar-refractivity contribution in [1.29, 1.82) is 0 Å². The summed E-state index contributed by atoms with van der Waals surface area (Å²) in [7, 11) is 1.62. The highest BCUT2D eigenvalue weighted by Gasteiger charge is 2.37. The summed E-state index contributed by atoms with van der Waals surface area (Å²) in [6, 6.07) is 1.69. The number of carbonyl (C=O) groups is 1. The number of pyridine rings is 1. The number of anilines is 1. The van der Waals surface area contributed by atoms with Crippen molar-refractivity contribution >= 4 is 11.8 Å². The third-order valence-electron chi connectivity index (χ3n) is 4.06. The molecule has 4 N–H and O–H groups in total. The van der Waals surface area contributed by atoms with E-state index in [0.717, 1.165) is 12.0 Å². The first-order valence-corrected chi connectivity index (χ1v) is 6.74. The number of rotatable bonds is 3. The maximum absolute atomic E-state index is 10.9. The number of nitrogens with two attached hydrogens (primary N) is 1. The minimum absolute atomic E-state index is 0.106. The molecule has 1 aromatic heterocycles. The summed E-state index contributed by atoms with van der Waals surface area (Å²) in [5.41, 5.74) is 7.68. The Kier molecular flexibility index (Phi) is 4.44. The van der Waals surface area contributed by atoms with Crippen molar-refractivity contribution < 1.29 is 14.6 Å². The average molecular weight is 279 g/mol. The van der Waals surface area contributed by atoms with Crippen LogP contribution in [0, 0.1) is 5.92 Å². The fraction of sp³-hybridized carbons (Fsp3) is 0.571. The van der Waals surface area contributed by atoms with Gasteiger partial charge in [-0.25, -0.2) is 4.79 Å². The molecular weight excluding hydrogens is 258 g/mol. The van der Waals surface area contributed by atoms with Crippen LogP contribution in [0.5, 0.6) is 0 Å². The number of hydrogen-bond donors (Lipinski definition) is 3. The molecule has 1 aromatic rings. The van der Waals surface area contributed by atoms with Gasteiger partial charge < -0.3 is 20.9 Å². The molecule has 0 radical (unpaired) electrons. The first kappa shape index (κ1) is 14.6. The van der Waals surface area contributed by atoms with Crippen LogP contribution in [0.2, 0.25) is 0 Å². The molecule has 110 valence electrons. The predicted octanol–water partition coefficient (Wildman–Crippen LogP) is 1.83. The maximum Gasteiger partial charge on any atom is 0.404 e. The molecule has 20 heavy (non-hydrogen) atoms. The molecule has 1 aliphatic rings. The van der Waals surface area contributed by atoms with Gasteiger partial charge in [-0.05, 0) is 36.3 Å². The monoisotopic (exact) mass is 279 g/mol. The maximum atomic E-state index is 10.9. The molecule has 1 fully saturated rings. The molecule has 2 rings (SSSR count). The molecule has 6 nitrogen and oxygen atoms in total. The van der Waals surface area contributed by atoms with Crippen LogP contribution in [0.3, 0.4) is 0 Å². The molecule has 4 atom stereocenters. The van der Waals surface area contributed by atoms with Crippen molar-refractivity contribution in [3.8, 4) is 0 Å². The lowest BCUT2D eigenvalue weighted by atomic mass is 9.74. The van der Waals surface area contributed by atoms with E-state index in [0.29, 0.717) is 12.1 Å². The molecule has 0 aliphatic heterocycles. The summed E-state index contributed by atoms with van der Waals surface area (Å²) >= 11 is 0. The summed E-state index contributed by atoms with van der Waals surface area (Å²) in [4.78, 5) is 14.9. The standard InChI is InChI=1S/C14H21N3O3/c1-8-5-9(10-3-4-16-7-11(10)15)6-12(13(8)20-2)17-14(18)19/h3-4,7-9,12-13,17H,5-6,15H2,1-2H3,(H,18,19)/t8-,9+,12+,13-/m1/s1. The lowest BCUT2D eigenvalue weighted by Gasteiger charge is -2.40. The fourth-order valence-corrected chi connectivity index (χ4v) is 3.26. The minimum atomic E-state index is -1.02. The molecule has 1 saturated carbocycles. The lowest BCUT2D eigenvalue weighted by Crippen LogP contribution is -2.50. The van der Waals surface area contributed by atoms with Crippen LogP contribution in [0.25, 0.3) is 0 Å². The summed E-state index contributed by atoms with van der Waals surface area (Å²) in [5.74, 6) is 0.472. The Hall–Kier alpha value is -1.82. The Labute approximate surface area is 118 Å². The van der Waals surface area contributed by atoms with E-state index in [1.165, 1.54) is 0 Å². The van der Waals surface area contributed by atoms with E-state index >= 15 is 0 Å². The van der Waals surface area contributed by atoms with E-state index in [2.05, 4.69) is 17.2 Å². The second-order valence-corrected chi connectivity index (χ2v) is 5.41. The Balaban J connectivity index is 2.21. The third-order valence-corrected chi connectivity index (χ3v) is 4.06. The van der Waals surface area contributed by atoms with Crippen LogP contribution in [0.15, 0.2) is 18.5 Å². The zero-order valence-electron chi connectivity index (χ0n) is 11.7. The largest absolute Gasteiger partial charge is 0.465 e. The van der Waals surface area contributed by atoms with Gasteiger partial charge in [-0.15, -0.1) is 0 Å². The number of methoxy groups -OCH3 is 1. The van der Waals surface area contributed by atoms with Gasteiger partial charge in [0.1, 0.15) is 0 Å². The molecule has 1 aliphatic carbocycles. The number of carboxylic acid groups (broad SMARTS) is 1. The Bertz CT molecular complexity index is 480. The number of hydrogen-bond acceptors (Lipinski definition) is 4. The zero-order valence-corrected chi connectivity index (χ0v) is 11.7. The van der Waals surface area contributed by atoms with Crippen molar-refractivity contribution in [2.45, 2.75) is 37.8 Å². The molecule has 0 spiro atoms. The van der Waals surface area contributed by atoms with Crippen LogP contribution in [-0.4, -0.2) is 35.4 Å². The first-order valence-electron chi connectivity index (χ1n) is 6.74. The van der Waals surface area contributed by atoms with Crippen LogP contribution in [0.1, 0.15) is 31.2 Å². The van der Waals surface area contributed by atoms with Gasteiger partial charge in [0.2, 0.25) is 0 Å². The van der Waals surface area contributed by atoms with E-state index in [4.69, 9.17) is 15.6 Å². The normalized spacial score (nSPS) is 29.9. The minimum Gasteiger partial charge on any atom is -0.465 e. The van der Waals surface area contributed by atoms with Crippen molar-refractivity contribution in [3.63, 3.8) is 0 Å². The van der Waals surface area contributed by atoms with E-state index in [9.17, 15) is 4.79 Å². The average Bonchev–Trinajstić information content (AvgIpc) is 2.38. The summed E-state index contributed by atoms with van der Waals surface area (Å²) < 4.78 is 5.46. The quantitative estimate of drug-likeness (QED) is 0.784. The summed E-state index contributed by atoms with van der Waals surface area (Å²) in [6.45, 7) is 2.08. The van der Waals surface area contributed by atoms with Gasteiger partial charge in [-0.2, -0.15) is 0 Å². The second kappa shape index (κ2) is 6.09. The molecule has 1 amide bonds. The van der Waals surface area contributed by atoms with Crippen molar-refractivity contribution in [3.05, 3.63) is 24.0 Å². The van der Waals surface area contributed by atoms with E-state index < -0.39 is 6.09 Å². The van der Waals surface area contributed by atoms with Crippen molar-refractivity contribution in [2.24, 2.45) is 5.92 Å². The van der Waals surface area contributed by atoms with Gasteiger partial charge in [0, 0.05) is 13.3 Å². The van der Waals surface area contributed by atoms with Gasteiger partial charge in [-0.3, -0.25) is 4.98 Å². The van der Waals surface area contributed by atoms with Crippen LogP contribution in [-0.2, 0) is 4.74 Å². The SMILES string of the molecule is CO[C@@H]1[C@H](C)C[C@H](c2ccncc2N)C[C@@H]1NC(=O)O. The Morgan fingerprint density at radius 3 is 2.90 bits per heavy atom. The summed E-state index contributed by atoms with van der Waals surface area (Å²) in [6.07, 6.45) is 3.84. The fourth-order valence-electron chi connectivity index (χ4n) is 3.26. The molecule has 6 heteroatoms. The van der Waals surface area contributed by atoms with Gasteiger partial charge in [0.15, 0.2) is 0 Å². The Morgan fingerprint density at radius 1 is 1.55 bits per heavy atom. The van der Waals surface area contributed by atoms with Crippen molar-refractivity contribution in [2.75, 3.05) is 12.8 Å². The molecule has 0 aromatic carbocycles. The smallest absolute Gasteiger partial charge is 0.404 e. The van der Waals surface area contributed by atoms with Gasteiger partial charge in [-0.1, -0.05) is 6.92 Å². The Morgan fingerprint density at radius 2 is 2.30 bits per heavy atom. The van der Waals surface area contributed by atoms with Gasteiger partial charge >= 0.3 is 6.09 Å². The summed E-state index contributed by atoms with van der Waals surface area (Å²) in [5, 5.41) is 11.5. The van der Waals surface area contributed by atoms with E-state index in [1.54, 1.807) is 19.5 Å². The highest BCUT2D eigenvalue weighted by Crippen LogP contribution is 2.39. The molecule has 0 unspecified atom stereocenters. The molecule has 1 heterocycles. The number of amides is 1. The number of nitrogens with one attached hydrogen (secondary N) is 1.